The fraction of sp³-hybridized carbons (Fsp3) is 0.941. The van der Waals surface area contributed by atoms with Crippen molar-refractivity contribution in [1.82, 2.24) is 5.32 Å². The average molecular weight is 316 g/mol. The Balaban J connectivity index is 2.36. The highest BCUT2D eigenvalue weighted by atomic mass is 32.2. The first-order valence-corrected chi connectivity index (χ1v) is 9.59. The fourth-order valence-corrected chi connectivity index (χ4v) is 4.38. The molecule has 0 spiro atoms. The van der Waals surface area contributed by atoms with Gasteiger partial charge in [0.05, 0.1) is 6.61 Å². The van der Waals surface area contributed by atoms with Crippen molar-refractivity contribution in [2.45, 2.75) is 89.5 Å². The Morgan fingerprint density at radius 2 is 2.00 bits per heavy atom. The van der Waals surface area contributed by atoms with Gasteiger partial charge in [0.25, 0.3) is 0 Å². The molecule has 0 amide bonds. The van der Waals surface area contributed by atoms with Gasteiger partial charge in [0.15, 0.2) is 0 Å². The SMILES string of the molecule is CCOC(=O)C(C)(CCCSC1CCCCC1)NC(C)C. The molecule has 1 saturated carbocycles. The number of nitrogens with one attached hydrogen (secondary N) is 1. The van der Waals surface area contributed by atoms with E-state index in [0.717, 1.165) is 23.8 Å². The van der Waals surface area contributed by atoms with Crippen molar-refractivity contribution in [2.24, 2.45) is 0 Å². The van der Waals surface area contributed by atoms with Crippen LogP contribution in [0.3, 0.4) is 0 Å². The molecule has 21 heavy (non-hydrogen) atoms. The molecule has 1 rings (SSSR count). The third-order valence-electron chi connectivity index (χ3n) is 4.06. The Kier molecular flexibility index (Phi) is 8.72. The summed E-state index contributed by atoms with van der Waals surface area (Å²) in [7, 11) is 0. The number of carbonyl (C=O) groups is 1. The van der Waals surface area contributed by atoms with Crippen molar-refractivity contribution in [3.8, 4) is 0 Å². The summed E-state index contributed by atoms with van der Waals surface area (Å²) in [5.41, 5.74) is -0.544. The Hall–Kier alpha value is -0.220. The predicted molar refractivity (Wildman–Crippen MR) is 91.9 cm³/mol. The van der Waals surface area contributed by atoms with E-state index < -0.39 is 5.54 Å². The summed E-state index contributed by atoms with van der Waals surface area (Å²) in [6.07, 6.45) is 8.88. The molecule has 0 radical (unpaired) electrons. The molecule has 0 bridgehead atoms. The van der Waals surface area contributed by atoms with Gasteiger partial charge in [-0.1, -0.05) is 19.3 Å². The molecule has 0 heterocycles. The van der Waals surface area contributed by atoms with Gasteiger partial charge in [-0.25, -0.2) is 0 Å². The number of thioether (sulfide) groups is 1. The first-order valence-electron chi connectivity index (χ1n) is 8.54. The van der Waals surface area contributed by atoms with Crippen LogP contribution in [0.5, 0.6) is 0 Å². The lowest BCUT2D eigenvalue weighted by Gasteiger charge is -2.31. The topological polar surface area (TPSA) is 38.3 Å². The molecule has 1 atom stereocenters. The zero-order valence-electron chi connectivity index (χ0n) is 14.2. The molecule has 0 saturated heterocycles. The summed E-state index contributed by atoms with van der Waals surface area (Å²) in [6, 6.07) is 0.283. The van der Waals surface area contributed by atoms with Crippen molar-refractivity contribution in [3.05, 3.63) is 0 Å². The van der Waals surface area contributed by atoms with Crippen LogP contribution in [-0.4, -0.2) is 35.2 Å². The van der Waals surface area contributed by atoms with Crippen LogP contribution in [0, 0.1) is 0 Å². The van der Waals surface area contributed by atoms with Crippen molar-refractivity contribution in [3.63, 3.8) is 0 Å². The van der Waals surface area contributed by atoms with E-state index in [0.29, 0.717) is 6.61 Å². The van der Waals surface area contributed by atoms with Crippen molar-refractivity contribution in [1.29, 1.82) is 0 Å². The second-order valence-electron chi connectivity index (χ2n) is 6.59. The molecule has 0 aromatic heterocycles. The van der Waals surface area contributed by atoms with Gasteiger partial charge in [0, 0.05) is 11.3 Å². The maximum atomic E-state index is 12.2. The number of rotatable bonds is 9. The molecule has 124 valence electrons. The Morgan fingerprint density at radius 3 is 2.57 bits per heavy atom. The van der Waals surface area contributed by atoms with E-state index >= 15 is 0 Å². The maximum Gasteiger partial charge on any atom is 0.326 e. The maximum absolute atomic E-state index is 12.2. The number of esters is 1. The van der Waals surface area contributed by atoms with E-state index in [4.69, 9.17) is 4.74 Å². The zero-order valence-corrected chi connectivity index (χ0v) is 15.1. The second kappa shape index (κ2) is 9.73. The van der Waals surface area contributed by atoms with Gasteiger partial charge in [0.1, 0.15) is 5.54 Å². The van der Waals surface area contributed by atoms with Crippen LogP contribution in [0.15, 0.2) is 0 Å². The summed E-state index contributed by atoms with van der Waals surface area (Å²) >= 11 is 2.10. The normalized spacial score (nSPS) is 19.5. The van der Waals surface area contributed by atoms with Gasteiger partial charge >= 0.3 is 5.97 Å². The molecule has 0 aromatic carbocycles. The molecule has 1 unspecified atom stereocenters. The largest absolute Gasteiger partial charge is 0.465 e. The average Bonchev–Trinajstić information content (AvgIpc) is 2.44. The molecule has 3 nitrogen and oxygen atoms in total. The summed E-state index contributed by atoms with van der Waals surface area (Å²) in [4.78, 5) is 12.2. The van der Waals surface area contributed by atoms with E-state index in [2.05, 4.69) is 30.9 Å². The number of carbonyl (C=O) groups excluding carboxylic acids is 1. The molecule has 1 fully saturated rings. The quantitative estimate of drug-likeness (QED) is 0.512. The molecular weight excluding hydrogens is 282 g/mol. The van der Waals surface area contributed by atoms with E-state index in [9.17, 15) is 4.79 Å². The van der Waals surface area contributed by atoms with Crippen molar-refractivity contribution < 1.29 is 9.53 Å². The molecule has 1 aliphatic carbocycles. The van der Waals surface area contributed by atoms with Gasteiger partial charge in [-0.3, -0.25) is 10.1 Å². The smallest absolute Gasteiger partial charge is 0.326 e. The highest BCUT2D eigenvalue weighted by Crippen LogP contribution is 2.29. The standard InChI is InChI=1S/C17H33NO2S/c1-5-20-16(19)17(4,18-14(2)3)12-9-13-21-15-10-7-6-8-11-15/h14-15,18H,5-13H2,1-4H3. The Labute approximate surface area is 135 Å². The van der Waals surface area contributed by atoms with E-state index in [-0.39, 0.29) is 12.0 Å². The highest BCUT2D eigenvalue weighted by molar-refractivity contribution is 7.99. The van der Waals surface area contributed by atoms with Crippen LogP contribution in [0.4, 0.5) is 0 Å². The van der Waals surface area contributed by atoms with Crippen LogP contribution < -0.4 is 5.32 Å². The summed E-state index contributed by atoms with van der Waals surface area (Å²) in [6.45, 7) is 8.45. The minimum absolute atomic E-state index is 0.110. The molecule has 4 heteroatoms. The molecule has 0 aromatic rings. The first-order chi connectivity index (χ1) is 9.98. The first kappa shape index (κ1) is 18.8. The molecule has 0 aliphatic heterocycles. The van der Waals surface area contributed by atoms with Crippen LogP contribution in [-0.2, 0) is 9.53 Å². The van der Waals surface area contributed by atoms with Gasteiger partial charge in [-0.05, 0) is 59.1 Å². The summed E-state index contributed by atoms with van der Waals surface area (Å²) in [5.74, 6) is 1.04. The lowest BCUT2D eigenvalue weighted by atomic mass is 9.95. The fourth-order valence-electron chi connectivity index (χ4n) is 3.07. The van der Waals surface area contributed by atoms with Crippen LogP contribution in [0.1, 0.15) is 72.6 Å². The van der Waals surface area contributed by atoms with Gasteiger partial charge < -0.3 is 4.74 Å². The van der Waals surface area contributed by atoms with Crippen LogP contribution in [0.25, 0.3) is 0 Å². The Bertz CT molecular complexity index is 303. The van der Waals surface area contributed by atoms with Gasteiger partial charge in [-0.2, -0.15) is 11.8 Å². The van der Waals surface area contributed by atoms with E-state index in [1.807, 2.05) is 13.8 Å². The molecule has 1 aliphatic rings. The highest BCUT2D eigenvalue weighted by Gasteiger charge is 2.34. The summed E-state index contributed by atoms with van der Waals surface area (Å²) in [5, 5.41) is 4.25. The minimum atomic E-state index is -0.544. The number of hydrogen-bond acceptors (Lipinski definition) is 4. The third kappa shape index (κ3) is 7.05. The Morgan fingerprint density at radius 1 is 1.33 bits per heavy atom. The lowest BCUT2D eigenvalue weighted by Crippen LogP contribution is -2.53. The van der Waals surface area contributed by atoms with Crippen LogP contribution >= 0.6 is 11.8 Å². The van der Waals surface area contributed by atoms with E-state index in [1.165, 1.54) is 32.1 Å². The van der Waals surface area contributed by atoms with Gasteiger partial charge in [-0.15, -0.1) is 0 Å². The van der Waals surface area contributed by atoms with Crippen molar-refractivity contribution in [2.75, 3.05) is 12.4 Å². The second-order valence-corrected chi connectivity index (χ2v) is 7.99. The predicted octanol–water partition coefficient (Wildman–Crippen LogP) is 4.15. The monoisotopic (exact) mass is 315 g/mol. The third-order valence-corrected chi connectivity index (χ3v) is 5.53. The molecular formula is C17H33NO2S. The zero-order chi connectivity index (χ0) is 15.7. The summed E-state index contributed by atoms with van der Waals surface area (Å²) < 4.78 is 5.25. The van der Waals surface area contributed by atoms with Crippen molar-refractivity contribution >= 4 is 17.7 Å². The number of hydrogen-bond donors (Lipinski definition) is 1. The lowest BCUT2D eigenvalue weighted by molar-refractivity contribution is -0.151. The number of ether oxygens (including phenoxy) is 1. The molecule has 1 N–H and O–H groups in total. The van der Waals surface area contributed by atoms with Gasteiger partial charge in [0.2, 0.25) is 0 Å². The van der Waals surface area contributed by atoms with E-state index in [1.54, 1.807) is 0 Å². The van der Waals surface area contributed by atoms with Crippen LogP contribution in [0.2, 0.25) is 0 Å². The minimum Gasteiger partial charge on any atom is -0.465 e.